The number of pyridine rings is 1. The van der Waals surface area contributed by atoms with Gasteiger partial charge in [0.1, 0.15) is 0 Å². The van der Waals surface area contributed by atoms with Crippen molar-refractivity contribution in [3.63, 3.8) is 0 Å². The van der Waals surface area contributed by atoms with Crippen molar-refractivity contribution in [3.8, 4) is 0 Å². The van der Waals surface area contributed by atoms with Gasteiger partial charge in [0.25, 0.3) is 5.91 Å². The molecule has 0 atom stereocenters. The molecule has 1 N–H and O–H groups in total. The standard InChI is InChI=1S/C12H16N2O2/c1-9-3-4-10(5-13-9)11(15)14-6-12(2)7-16-8-12/h3-5H,6-8H2,1-2H3,(H,14,15). The zero-order valence-corrected chi connectivity index (χ0v) is 9.62. The Morgan fingerprint density at radius 3 is 2.81 bits per heavy atom. The maximum absolute atomic E-state index is 11.8. The van der Waals surface area contributed by atoms with Gasteiger partial charge >= 0.3 is 0 Å². The second-order valence-corrected chi connectivity index (χ2v) is 4.67. The molecular formula is C12H16N2O2. The molecule has 0 aliphatic carbocycles. The van der Waals surface area contributed by atoms with E-state index in [0.717, 1.165) is 18.9 Å². The number of aromatic nitrogens is 1. The Labute approximate surface area is 95.0 Å². The van der Waals surface area contributed by atoms with Crippen molar-refractivity contribution in [3.05, 3.63) is 29.6 Å². The van der Waals surface area contributed by atoms with Crippen molar-refractivity contribution in [1.29, 1.82) is 0 Å². The lowest BCUT2D eigenvalue weighted by Crippen LogP contribution is -2.48. The van der Waals surface area contributed by atoms with Gasteiger partial charge in [0, 0.05) is 23.9 Å². The molecule has 0 spiro atoms. The average molecular weight is 220 g/mol. The van der Waals surface area contributed by atoms with E-state index in [-0.39, 0.29) is 11.3 Å². The summed E-state index contributed by atoms with van der Waals surface area (Å²) in [6.45, 7) is 6.09. The van der Waals surface area contributed by atoms with E-state index in [2.05, 4.69) is 17.2 Å². The van der Waals surface area contributed by atoms with Gasteiger partial charge in [-0.2, -0.15) is 0 Å². The van der Waals surface area contributed by atoms with Gasteiger partial charge < -0.3 is 10.1 Å². The highest BCUT2D eigenvalue weighted by Crippen LogP contribution is 2.25. The molecule has 86 valence electrons. The van der Waals surface area contributed by atoms with Gasteiger partial charge in [-0.05, 0) is 19.1 Å². The number of aryl methyl sites for hydroxylation is 1. The van der Waals surface area contributed by atoms with Crippen molar-refractivity contribution in [1.82, 2.24) is 10.3 Å². The lowest BCUT2D eigenvalue weighted by molar-refractivity contribution is -0.0978. The highest BCUT2D eigenvalue weighted by Gasteiger charge is 2.33. The normalized spacial score (nSPS) is 17.6. The molecule has 2 heterocycles. The summed E-state index contributed by atoms with van der Waals surface area (Å²) in [5.74, 6) is -0.0689. The molecule has 4 nitrogen and oxygen atoms in total. The van der Waals surface area contributed by atoms with Crippen LogP contribution in [0.3, 0.4) is 0 Å². The summed E-state index contributed by atoms with van der Waals surface area (Å²) >= 11 is 0. The van der Waals surface area contributed by atoms with Crippen molar-refractivity contribution in [2.75, 3.05) is 19.8 Å². The van der Waals surface area contributed by atoms with E-state index in [9.17, 15) is 4.79 Å². The highest BCUT2D eigenvalue weighted by atomic mass is 16.5. The first-order valence-corrected chi connectivity index (χ1v) is 5.38. The third-order valence-corrected chi connectivity index (χ3v) is 2.75. The highest BCUT2D eigenvalue weighted by molar-refractivity contribution is 5.93. The van der Waals surface area contributed by atoms with Gasteiger partial charge in [-0.25, -0.2) is 0 Å². The second kappa shape index (κ2) is 4.22. The minimum atomic E-state index is -0.0689. The zero-order chi connectivity index (χ0) is 11.6. The van der Waals surface area contributed by atoms with Crippen LogP contribution in [0.4, 0.5) is 0 Å². The summed E-state index contributed by atoms with van der Waals surface area (Å²) in [5, 5.41) is 2.90. The van der Waals surface area contributed by atoms with Gasteiger partial charge in [0.15, 0.2) is 0 Å². The van der Waals surface area contributed by atoms with Crippen LogP contribution in [0, 0.1) is 12.3 Å². The Bertz CT molecular complexity index is 383. The Morgan fingerprint density at radius 2 is 2.31 bits per heavy atom. The summed E-state index contributed by atoms with van der Waals surface area (Å²) in [6, 6.07) is 3.63. The van der Waals surface area contributed by atoms with Crippen molar-refractivity contribution < 1.29 is 9.53 Å². The lowest BCUT2D eigenvalue weighted by Gasteiger charge is -2.37. The molecule has 2 rings (SSSR count). The van der Waals surface area contributed by atoms with Crippen LogP contribution in [0.25, 0.3) is 0 Å². The summed E-state index contributed by atoms with van der Waals surface area (Å²) < 4.78 is 5.13. The van der Waals surface area contributed by atoms with E-state index in [1.54, 1.807) is 12.3 Å². The molecule has 1 saturated heterocycles. The van der Waals surface area contributed by atoms with Gasteiger partial charge in [-0.1, -0.05) is 6.92 Å². The van der Waals surface area contributed by atoms with Crippen LogP contribution in [0.2, 0.25) is 0 Å². The molecule has 1 aromatic rings. The molecule has 1 aliphatic heterocycles. The number of nitrogens with one attached hydrogen (secondary N) is 1. The number of hydrogen-bond acceptors (Lipinski definition) is 3. The fraction of sp³-hybridized carbons (Fsp3) is 0.500. The quantitative estimate of drug-likeness (QED) is 0.831. The topological polar surface area (TPSA) is 51.2 Å². The van der Waals surface area contributed by atoms with Crippen LogP contribution >= 0.6 is 0 Å². The number of amides is 1. The molecule has 0 aromatic carbocycles. The maximum atomic E-state index is 11.8. The minimum absolute atomic E-state index is 0.0689. The molecular weight excluding hydrogens is 204 g/mol. The number of hydrogen-bond donors (Lipinski definition) is 1. The fourth-order valence-corrected chi connectivity index (χ4v) is 1.55. The molecule has 4 heteroatoms. The predicted octanol–water partition coefficient (Wildman–Crippen LogP) is 1.16. The van der Waals surface area contributed by atoms with Gasteiger partial charge in [0.05, 0.1) is 18.8 Å². The van der Waals surface area contributed by atoms with Crippen LogP contribution in [0.15, 0.2) is 18.3 Å². The number of carbonyl (C=O) groups is 1. The van der Waals surface area contributed by atoms with Crippen molar-refractivity contribution in [2.45, 2.75) is 13.8 Å². The van der Waals surface area contributed by atoms with E-state index in [1.165, 1.54) is 0 Å². The Balaban J connectivity index is 1.90. The van der Waals surface area contributed by atoms with E-state index in [0.29, 0.717) is 12.1 Å². The predicted molar refractivity (Wildman–Crippen MR) is 60.2 cm³/mol. The van der Waals surface area contributed by atoms with Gasteiger partial charge in [-0.15, -0.1) is 0 Å². The lowest BCUT2D eigenvalue weighted by atomic mass is 9.89. The number of rotatable bonds is 3. The molecule has 1 aliphatic rings. The Kier molecular flexibility index (Phi) is 2.92. The number of ether oxygens (including phenoxy) is 1. The van der Waals surface area contributed by atoms with E-state index < -0.39 is 0 Å². The van der Waals surface area contributed by atoms with Crippen LogP contribution < -0.4 is 5.32 Å². The first kappa shape index (κ1) is 11.1. The third-order valence-electron chi connectivity index (χ3n) is 2.75. The van der Waals surface area contributed by atoms with Crippen LogP contribution in [-0.4, -0.2) is 30.6 Å². The summed E-state index contributed by atoms with van der Waals surface area (Å²) in [6.07, 6.45) is 1.60. The van der Waals surface area contributed by atoms with Crippen LogP contribution in [-0.2, 0) is 4.74 Å². The summed E-state index contributed by atoms with van der Waals surface area (Å²) in [4.78, 5) is 15.8. The SMILES string of the molecule is Cc1ccc(C(=O)NCC2(C)COC2)cn1. The Hall–Kier alpha value is -1.42. The van der Waals surface area contributed by atoms with Crippen molar-refractivity contribution >= 4 is 5.91 Å². The monoisotopic (exact) mass is 220 g/mol. The molecule has 0 radical (unpaired) electrons. The Morgan fingerprint density at radius 1 is 1.56 bits per heavy atom. The molecule has 1 fully saturated rings. The van der Waals surface area contributed by atoms with E-state index >= 15 is 0 Å². The van der Waals surface area contributed by atoms with E-state index in [4.69, 9.17) is 4.74 Å². The average Bonchev–Trinajstić information content (AvgIpc) is 2.24. The molecule has 0 bridgehead atoms. The molecule has 0 saturated carbocycles. The number of nitrogens with zero attached hydrogens (tertiary/aromatic N) is 1. The smallest absolute Gasteiger partial charge is 0.252 e. The molecule has 1 amide bonds. The fourth-order valence-electron chi connectivity index (χ4n) is 1.55. The van der Waals surface area contributed by atoms with Gasteiger partial charge in [0.2, 0.25) is 0 Å². The molecule has 1 aromatic heterocycles. The number of carbonyl (C=O) groups excluding carboxylic acids is 1. The van der Waals surface area contributed by atoms with Crippen LogP contribution in [0.1, 0.15) is 23.0 Å². The molecule has 0 unspecified atom stereocenters. The van der Waals surface area contributed by atoms with E-state index in [1.807, 2.05) is 13.0 Å². The van der Waals surface area contributed by atoms with Crippen LogP contribution in [0.5, 0.6) is 0 Å². The molecule has 16 heavy (non-hydrogen) atoms. The summed E-state index contributed by atoms with van der Waals surface area (Å²) in [5.41, 5.74) is 1.62. The maximum Gasteiger partial charge on any atom is 0.252 e. The van der Waals surface area contributed by atoms with Gasteiger partial charge in [-0.3, -0.25) is 9.78 Å². The minimum Gasteiger partial charge on any atom is -0.380 e. The largest absolute Gasteiger partial charge is 0.380 e. The second-order valence-electron chi connectivity index (χ2n) is 4.67. The third kappa shape index (κ3) is 2.39. The zero-order valence-electron chi connectivity index (χ0n) is 9.62. The van der Waals surface area contributed by atoms with Crippen molar-refractivity contribution in [2.24, 2.45) is 5.41 Å². The first-order valence-electron chi connectivity index (χ1n) is 5.38. The first-order chi connectivity index (χ1) is 7.59. The summed E-state index contributed by atoms with van der Waals surface area (Å²) in [7, 11) is 0.